The molecule has 0 bridgehead atoms. The van der Waals surface area contributed by atoms with Crippen molar-refractivity contribution in [2.75, 3.05) is 20.2 Å². The van der Waals surface area contributed by atoms with Gasteiger partial charge in [0.25, 0.3) is 0 Å². The molecule has 1 fully saturated rings. The highest BCUT2D eigenvalue weighted by Crippen LogP contribution is 2.26. The highest BCUT2D eigenvalue weighted by molar-refractivity contribution is 5.77. The molecule has 1 aromatic rings. The average Bonchev–Trinajstić information content (AvgIpc) is 2.43. The highest BCUT2D eigenvalue weighted by Gasteiger charge is 2.17. The minimum atomic E-state index is 0.287. The van der Waals surface area contributed by atoms with Crippen LogP contribution in [-0.2, 0) is 0 Å². The lowest BCUT2D eigenvalue weighted by Crippen LogP contribution is -2.37. The first-order valence-corrected chi connectivity index (χ1v) is 7.37. The number of ether oxygens (including phenoxy) is 1. The number of nitrogens with zero attached hydrogens (tertiary/aromatic N) is 1. The van der Waals surface area contributed by atoms with Gasteiger partial charge >= 0.3 is 0 Å². The van der Waals surface area contributed by atoms with Crippen molar-refractivity contribution in [3.8, 4) is 5.75 Å². The SMILES string of the molecule is COc1ccccc1C(C)CN=C(N)NCC1CCC1. The molecule has 0 saturated heterocycles. The second-order valence-electron chi connectivity index (χ2n) is 5.55. The number of benzene rings is 1. The first-order chi connectivity index (χ1) is 9.70. The minimum Gasteiger partial charge on any atom is -0.496 e. The standard InChI is InChI=1S/C16H25N3O/c1-12(14-8-3-4-9-15(14)20-2)10-18-16(17)19-11-13-6-5-7-13/h3-4,8-9,12-13H,5-7,10-11H2,1-2H3,(H3,17,18,19). The molecule has 1 aromatic carbocycles. The van der Waals surface area contributed by atoms with E-state index in [0.29, 0.717) is 12.5 Å². The number of para-hydroxylation sites is 1. The number of nitrogens with one attached hydrogen (secondary N) is 1. The molecule has 1 unspecified atom stereocenters. The van der Waals surface area contributed by atoms with Crippen molar-refractivity contribution in [2.24, 2.45) is 16.6 Å². The topological polar surface area (TPSA) is 59.6 Å². The lowest BCUT2D eigenvalue weighted by Gasteiger charge is -2.25. The van der Waals surface area contributed by atoms with E-state index in [4.69, 9.17) is 10.5 Å². The fraction of sp³-hybridized carbons (Fsp3) is 0.562. The maximum absolute atomic E-state index is 5.91. The summed E-state index contributed by atoms with van der Waals surface area (Å²) in [4.78, 5) is 4.43. The lowest BCUT2D eigenvalue weighted by atomic mass is 9.85. The van der Waals surface area contributed by atoms with Crippen molar-refractivity contribution in [1.82, 2.24) is 5.32 Å². The van der Waals surface area contributed by atoms with Crippen LogP contribution in [0.3, 0.4) is 0 Å². The summed E-state index contributed by atoms with van der Waals surface area (Å²) in [6.07, 6.45) is 3.99. The third-order valence-corrected chi connectivity index (χ3v) is 4.00. The van der Waals surface area contributed by atoms with Crippen LogP contribution in [0.15, 0.2) is 29.3 Å². The maximum Gasteiger partial charge on any atom is 0.188 e. The number of hydrogen-bond acceptors (Lipinski definition) is 2. The predicted octanol–water partition coefficient (Wildman–Crippen LogP) is 2.50. The van der Waals surface area contributed by atoms with E-state index < -0.39 is 0 Å². The van der Waals surface area contributed by atoms with E-state index in [1.807, 2.05) is 18.2 Å². The third-order valence-electron chi connectivity index (χ3n) is 4.00. The van der Waals surface area contributed by atoms with Gasteiger partial charge in [-0.15, -0.1) is 0 Å². The van der Waals surface area contributed by atoms with Gasteiger partial charge in [0, 0.05) is 19.0 Å². The van der Waals surface area contributed by atoms with Gasteiger partial charge < -0.3 is 15.8 Å². The summed E-state index contributed by atoms with van der Waals surface area (Å²) in [5.41, 5.74) is 7.08. The number of methoxy groups -OCH3 is 1. The van der Waals surface area contributed by atoms with Crippen LogP contribution in [0.25, 0.3) is 0 Å². The van der Waals surface area contributed by atoms with E-state index in [0.717, 1.165) is 18.2 Å². The Hall–Kier alpha value is -1.71. The number of hydrogen-bond donors (Lipinski definition) is 2. The molecule has 2 rings (SSSR count). The molecule has 4 nitrogen and oxygen atoms in total. The van der Waals surface area contributed by atoms with Gasteiger partial charge in [0.05, 0.1) is 7.11 Å². The summed E-state index contributed by atoms with van der Waals surface area (Å²) in [5, 5.41) is 3.22. The molecule has 1 saturated carbocycles. The molecule has 0 aliphatic heterocycles. The van der Waals surface area contributed by atoms with E-state index in [-0.39, 0.29) is 5.92 Å². The molecule has 0 radical (unpaired) electrons. The molecular weight excluding hydrogens is 250 g/mol. The molecule has 0 spiro atoms. The quantitative estimate of drug-likeness (QED) is 0.619. The van der Waals surface area contributed by atoms with Gasteiger partial charge in [-0.25, -0.2) is 0 Å². The van der Waals surface area contributed by atoms with Gasteiger partial charge in [-0.2, -0.15) is 0 Å². The molecule has 20 heavy (non-hydrogen) atoms. The monoisotopic (exact) mass is 275 g/mol. The fourth-order valence-electron chi connectivity index (χ4n) is 2.41. The zero-order chi connectivity index (χ0) is 14.4. The zero-order valence-corrected chi connectivity index (χ0v) is 12.4. The maximum atomic E-state index is 5.91. The molecule has 4 heteroatoms. The highest BCUT2D eigenvalue weighted by atomic mass is 16.5. The summed E-state index contributed by atoms with van der Waals surface area (Å²) >= 11 is 0. The Morgan fingerprint density at radius 3 is 2.85 bits per heavy atom. The summed E-state index contributed by atoms with van der Waals surface area (Å²) in [5.74, 6) is 2.54. The number of nitrogens with two attached hydrogens (primary N) is 1. The van der Waals surface area contributed by atoms with E-state index in [2.05, 4.69) is 23.3 Å². The Bertz CT molecular complexity index is 455. The van der Waals surface area contributed by atoms with Crippen molar-refractivity contribution < 1.29 is 4.74 Å². The Kier molecular flexibility index (Phi) is 5.27. The summed E-state index contributed by atoms with van der Waals surface area (Å²) in [6.45, 7) is 3.77. The van der Waals surface area contributed by atoms with E-state index in [9.17, 15) is 0 Å². The normalized spacial score (nSPS) is 17.4. The van der Waals surface area contributed by atoms with Crippen LogP contribution < -0.4 is 15.8 Å². The number of aliphatic imine (C=N–C) groups is 1. The van der Waals surface area contributed by atoms with Gasteiger partial charge in [-0.05, 0) is 30.4 Å². The fourth-order valence-corrected chi connectivity index (χ4v) is 2.41. The van der Waals surface area contributed by atoms with Crippen LogP contribution in [0.2, 0.25) is 0 Å². The molecule has 1 aliphatic rings. The first kappa shape index (κ1) is 14.7. The second kappa shape index (κ2) is 7.17. The summed E-state index contributed by atoms with van der Waals surface area (Å²) < 4.78 is 5.38. The van der Waals surface area contributed by atoms with Gasteiger partial charge in [-0.3, -0.25) is 4.99 Å². The molecule has 110 valence electrons. The Morgan fingerprint density at radius 1 is 1.45 bits per heavy atom. The van der Waals surface area contributed by atoms with Crippen molar-refractivity contribution in [3.63, 3.8) is 0 Å². The van der Waals surface area contributed by atoms with Crippen molar-refractivity contribution in [3.05, 3.63) is 29.8 Å². The van der Waals surface area contributed by atoms with E-state index in [1.165, 1.54) is 24.8 Å². The third kappa shape index (κ3) is 3.89. The average molecular weight is 275 g/mol. The largest absolute Gasteiger partial charge is 0.496 e. The van der Waals surface area contributed by atoms with Crippen LogP contribution in [0, 0.1) is 5.92 Å². The van der Waals surface area contributed by atoms with Gasteiger partial charge in [-0.1, -0.05) is 31.5 Å². The molecule has 3 N–H and O–H groups in total. The molecule has 0 amide bonds. The van der Waals surface area contributed by atoms with Crippen LogP contribution in [-0.4, -0.2) is 26.2 Å². The van der Waals surface area contributed by atoms with Crippen LogP contribution in [0.1, 0.15) is 37.7 Å². The Morgan fingerprint density at radius 2 is 2.20 bits per heavy atom. The number of rotatable bonds is 6. The smallest absolute Gasteiger partial charge is 0.188 e. The van der Waals surface area contributed by atoms with Crippen molar-refractivity contribution in [1.29, 1.82) is 0 Å². The molecule has 0 heterocycles. The molecular formula is C16H25N3O. The second-order valence-corrected chi connectivity index (χ2v) is 5.55. The van der Waals surface area contributed by atoms with Gasteiger partial charge in [0.2, 0.25) is 0 Å². The minimum absolute atomic E-state index is 0.287. The molecule has 0 aromatic heterocycles. The van der Waals surface area contributed by atoms with Crippen LogP contribution in [0.5, 0.6) is 5.75 Å². The zero-order valence-electron chi connectivity index (χ0n) is 12.4. The summed E-state index contributed by atoms with van der Waals surface area (Å²) in [6, 6.07) is 8.06. The van der Waals surface area contributed by atoms with Crippen LogP contribution >= 0.6 is 0 Å². The Balaban J connectivity index is 1.84. The van der Waals surface area contributed by atoms with Crippen molar-refractivity contribution >= 4 is 5.96 Å². The van der Waals surface area contributed by atoms with Gasteiger partial charge in [0.15, 0.2) is 5.96 Å². The first-order valence-electron chi connectivity index (χ1n) is 7.37. The van der Waals surface area contributed by atoms with Crippen LogP contribution in [0.4, 0.5) is 0 Å². The molecule has 1 atom stereocenters. The van der Waals surface area contributed by atoms with Gasteiger partial charge in [0.1, 0.15) is 5.75 Å². The van der Waals surface area contributed by atoms with E-state index >= 15 is 0 Å². The number of guanidine groups is 1. The summed E-state index contributed by atoms with van der Waals surface area (Å²) in [7, 11) is 1.70. The van der Waals surface area contributed by atoms with Crippen molar-refractivity contribution in [2.45, 2.75) is 32.1 Å². The molecule has 1 aliphatic carbocycles. The predicted molar refractivity (Wildman–Crippen MR) is 83.2 cm³/mol. The Labute approximate surface area is 121 Å². The van der Waals surface area contributed by atoms with E-state index in [1.54, 1.807) is 7.11 Å². The lowest BCUT2D eigenvalue weighted by molar-refractivity contribution is 0.315.